The first-order valence-corrected chi connectivity index (χ1v) is 7.74. The highest BCUT2D eigenvalue weighted by Crippen LogP contribution is 2.27. The van der Waals surface area contributed by atoms with Crippen LogP contribution in [0.25, 0.3) is 0 Å². The van der Waals surface area contributed by atoms with Crippen LogP contribution in [-0.4, -0.2) is 20.5 Å². The molecule has 0 saturated heterocycles. The summed E-state index contributed by atoms with van der Waals surface area (Å²) in [7, 11) is -2.47. The molecule has 0 aliphatic carbocycles. The fraction of sp³-hybridized carbons (Fsp3) is 0.143. The zero-order valence-electron chi connectivity index (χ0n) is 11.9. The predicted octanol–water partition coefficient (Wildman–Crippen LogP) is 2.71. The first-order chi connectivity index (χ1) is 10.3. The third-order valence-corrected chi connectivity index (χ3v) is 4.34. The Morgan fingerprint density at radius 1 is 1.14 bits per heavy atom. The van der Waals surface area contributed by atoms with Gasteiger partial charge in [0.05, 0.1) is 12.0 Å². The SMILES string of the molecule is COc1ccc(C)cc1S(=O)(=O)Nc1ccc([N+](=O)[O-])cc1. The lowest BCUT2D eigenvalue weighted by Gasteiger charge is -2.12. The molecule has 0 spiro atoms. The molecule has 8 heteroatoms. The topological polar surface area (TPSA) is 98.5 Å². The molecule has 7 nitrogen and oxygen atoms in total. The molecule has 0 amide bonds. The van der Waals surface area contributed by atoms with Crippen LogP contribution in [0.5, 0.6) is 5.75 Å². The number of nitro groups is 1. The van der Waals surface area contributed by atoms with Crippen molar-refractivity contribution >= 4 is 21.4 Å². The molecule has 22 heavy (non-hydrogen) atoms. The van der Waals surface area contributed by atoms with Crippen LogP contribution in [0.3, 0.4) is 0 Å². The van der Waals surface area contributed by atoms with Gasteiger partial charge in [-0.2, -0.15) is 0 Å². The average molecular weight is 322 g/mol. The number of nitrogens with zero attached hydrogens (tertiary/aromatic N) is 1. The number of sulfonamides is 1. The van der Waals surface area contributed by atoms with Crippen molar-refractivity contribution in [1.82, 2.24) is 0 Å². The quantitative estimate of drug-likeness (QED) is 0.674. The van der Waals surface area contributed by atoms with Crippen LogP contribution in [0.4, 0.5) is 11.4 Å². The minimum atomic E-state index is -3.86. The Morgan fingerprint density at radius 3 is 2.32 bits per heavy atom. The number of nitrogens with one attached hydrogen (secondary N) is 1. The number of aryl methyl sites for hydroxylation is 1. The summed E-state index contributed by atoms with van der Waals surface area (Å²) in [6.07, 6.45) is 0. The maximum absolute atomic E-state index is 12.4. The number of hydrogen-bond donors (Lipinski definition) is 1. The van der Waals surface area contributed by atoms with Crippen LogP contribution in [-0.2, 0) is 10.0 Å². The second-order valence-electron chi connectivity index (χ2n) is 4.56. The van der Waals surface area contributed by atoms with E-state index in [9.17, 15) is 18.5 Å². The summed E-state index contributed by atoms with van der Waals surface area (Å²) in [4.78, 5) is 10.0. The third-order valence-electron chi connectivity index (χ3n) is 2.94. The van der Waals surface area contributed by atoms with Crippen molar-refractivity contribution in [2.45, 2.75) is 11.8 Å². The van der Waals surface area contributed by atoms with Gasteiger partial charge in [0, 0.05) is 17.8 Å². The van der Waals surface area contributed by atoms with E-state index in [0.717, 1.165) is 5.56 Å². The molecule has 0 aromatic heterocycles. The van der Waals surface area contributed by atoms with Crippen molar-refractivity contribution in [2.75, 3.05) is 11.8 Å². The zero-order valence-corrected chi connectivity index (χ0v) is 12.8. The summed E-state index contributed by atoms with van der Waals surface area (Å²) in [6, 6.07) is 9.92. The minimum Gasteiger partial charge on any atom is -0.495 e. The second kappa shape index (κ2) is 6.02. The summed E-state index contributed by atoms with van der Waals surface area (Å²) in [5.41, 5.74) is 0.884. The van der Waals surface area contributed by atoms with Crippen molar-refractivity contribution in [2.24, 2.45) is 0 Å². The monoisotopic (exact) mass is 322 g/mol. The van der Waals surface area contributed by atoms with E-state index >= 15 is 0 Å². The van der Waals surface area contributed by atoms with Gasteiger partial charge in [0.15, 0.2) is 0 Å². The van der Waals surface area contributed by atoms with E-state index in [1.165, 1.54) is 37.4 Å². The Balaban J connectivity index is 2.35. The fourth-order valence-corrected chi connectivity index (χ4v) is 3.17. The van der Waals surface area contributed by atoms with Gasteiger partial charge in [-0.05, 0) is 36.8 Å². The maximum atomic E-state index is 12.4. The summed E-state index contributed by atoms with van der Waals surface area (Å²) in [6.45, 7) is 1.77. The summed E-state index contributed by atoms with van der Waals surface area (Å²) in [5, 5.41) is 10.6. The van der Waals surface area contributed by atoms with Gasteiger partial charge in [0.25, 0.3) is 15.7 Å². The Hall–Kier alpha value is -2.61. The predicted molar refractivity (Wildman–Crippen MR) is 81.6 cm³/mol. The molecule has 0 heterocycles. The van der Waals surface area contributed by atoms with Crippen molar-refractivity contribution in [1.29, 1.82) is 0 Å². The van der Waals surface area contributed by atoms with Crippen molar-refractivity contribution in [3.63, 3.8) is 0 Å². The van der Waals surface area contributed by atoms with E-state index in [-0.39, 0.29) is 22.0 Å². The molecule has 2 aromatic rings. The van der Waals surface area contributed by atoms with Crippen LogP contribution in [0, 0.1) is 17.0 Å². The fourth-order valence-electron chi connectivity index (χ4n) is 1.86. The normalized spacial score (nSPS) is 11.0. The van der Waals surface area contributed by atoms with E-state index in [1.54, 1.807) is 19.1 Å². The maximum Gasteiger partial charge on any atom is 0.269 e. The number of hydrogen-bond acceptors (Lipinski definition) is 5. The summed E-state index contributed by atoms with van der Waals surface area (Å²) in [5.74, 6) is 0.222. The molecule has 0 fully saturated rings. The summed E-state index contributed by atoms with van der Waals surface area (Å²) >= 11 is 0. The van der Waals surface area contributed by atoms with Crippen LogP contribution in [0.1, 0.15) is 5.56 Å². The molecular weight excluding hydrogens is 308 g/mol. The van der Waals surface area contributed by atoms with Gasteiger partial charge in [0.1, 0.15) is 10.6 Å². The van der Waals surface area contributed by atoms with Gasteiger partial charge < -0.3 is 4.74 Å². The molecule has 0 radical (unpaired) electrons. The van der Waals surface area contributed by atoms with Gasteiger partial charge in [-0.25, -0.2) is 8.42 Å². The molecule has 1 N–H and O–H groups in total. The van der Waals surface area contributed by atoms with Gasteiger partial charge >= 0.3 is 0 Å². The number of anilines is 1. The van der Waals surface area contributed by atoms with Gasteiger partial charge in [-0.1, -0.05) is 6.07 Å². The van der Waals surface area contributed by atoms with E-state index in [1.807, 2.05) is 0 Å². The smallest absolute Gasteiger partial charge is 0.269 e. The lowest BCUT2D eigenvalue weighted by Crippen LogP contribution is -2.14. The average Bonchev–Trinajstić information content (AvgIpc) is 2.47. The molecule has 2 aromatic carbocycles. The van der Waals surface area contributed by atoms with Crippen LogP contribution in [0.15, 0.2) is 47.4 Å². The van der Waals surface area contributed by atoms with Crippen LogP contribution < -0.4 is 9.46 Å². The van der Waals surface area contributed by atoms with E-state index < -0.39 is 14.9 Å². The van der Waals surface area contributed by atoms with Gasteiger partial charge in [0.2, 0.25) is 0 Å². The Morgan fingerprint density at radius 2 is 1.77 bits per heavy atom. The molecule has 116 valence electrons. The van der Waals surface area contributed by atoms with E-state index in [2.05, 4.69) is 4.72 Å². The molecule has 2 rings (SSSR count). The van der Waals surface area contributed by atoms with Gasteiger partial charge in [-0.15, -0.1) is 0 Å². The van der Waals surface area contributed by atoms with E-state index in [4.69, 9.17) is 4.74 Å². The number of methoxy groups -OCH3 is 1. The van der Waals surface area contributed by atoms with Crippen molar-refractivity contribution in [3.05, 3.63) is 58.1 Å². The van der Waals surface area contributed by atoms with Crippen LogP contribution >= 0.6 is 0 Å². The molecule has 0 saturated carbocycles. The Kier molecular flexibility index (Phi) is 4.32. The van der Waals surface area contributed by atoms with Crippen molar-refractivity contribution in [3.8, 4) is 5.75 Å². The number of benzene rings is 2. The van der Waals surface area contributed by atoms with E-state index in [0.29, 0.717) is 0 Å². The largest absolute Gasteiger partial charge is 0.495 e. The molecule has 0 unspecified atom stereocenters. The highest BCUT2D eigenvalue weighted by Gasteiger charge is 2.20. The molecule has 0 bridgehead atoms. The number of nitro benzene ring substituents is 1. The minimum absolute atomic E-state index is 0.00773. The summed E-state index contributed by atoms with van der Waals surface area (Å²) < 4.78 is 32.3. The number of ether oxygens (including phenoxy) is 1. The third kappa shape index (κ3) is 3.34. The first kappa shape index (κ1) is 15.8. The molecular formula is C14H14N2O5S. The lowest BCUT2D eigenvalue weighted by atomic mass is 10.2. The highest BCUT2D eigenvalue weighted by atomic mass is 32.2. The van der Waals surface area contributed by atoms with Crippen LogP contribution in [0.2, 0.25) is 0 Å². The number of rotatable bonds is 5. The highest BCUT2D eigenvalue weighted by molar-refractivity contribution is 7.92. The molecule has 0 atom stereocenters. The standard InChI is InChI=1S/C14H14N2O5S/c1-10-3-8-13(21-2)14(9-10)22(19,20)15-11-4-6-12(7-5-11)16(17)18/h3-9,15H,1-2H3. The second-order valence-corrected chi connectivity index (χ2v) is 6.21. The number of non-ortho nitro benzene ring substituents is 1. The van der Waals surface area contributed by atoms with Crippen molar-refractivity contribution < 1.29 is 18.1 Å². The molecule has 0 aliphatic rings. The lowest BCUT2D eigenvalue weighted by molar-refractivity contribution is -0.384. The Bertz CT molecular complexity index is 800. The van der Waals surface area contributed by atoms with Gasteiger partial charge in [-0.3, -0.25) is 14.8 Å². The Labute approximate surface area is 127 Å². The zero-order chi connectivity index (χ0) is 16.3. The molecule has 0 aliphatic heterocycles. The first-order valence-electron chi connectivity index (χ1n) is 6.25.